The van der Waals surface area contributed by atoms with E-state index in [0.717, 1.165) is 35.9 Å². The largest absolute Gasteiger partial charge is 0.366 e. The molecule has 1 aromatic carbocycles. The van der Waals surface area contributed by atoms with Crippen molar-refractivity contribution in [3.63, 3.8) is 0 Å². The first-order valence-electron chi connectivity index (χ1n) is 8.60. The number of para-hydroxylation sites is 1. The van der Waals surface area contributed by atoms with Crippen LogP contribution < -0.4 is 11.1 Å². The van der Waals surface area contributed by atoms with Crippen LogP contribution in [0.5, 0.6) is 0 Å². The lowest BCUT2D eigenvalue weighted by molar-refractivity contribution is 0.345. The van der Waals surface area contributed by atoms with E-state index in [4.69, 9.17) is 5.73 Å². The van der Waals surface area contributed by atoms with Crippen LogP contribution in [0.3, 0.4) is 0 Å². The van der Waals surface area contributed by atoms with E-state index in [1.165, 1.54) is 5.56 Å². The number of hydrogen-bond acceptors (Lipinski definition) is 5. The zero-order valence-corrected chi connectivity index (χ0v) is 14.3. The second kappa shape index (κ2) is 6.64. The van der Waals surface area contributed by atoms with Crippen molar-refractivity contribution in [2.45, 2.75) is 38.3 Å². The van der Waals surface area contributed by atoms with E-state index in [9.17, 15) is 0 Å². The Morgan fingerprint density at radius 2 is 2.04 bits per heavy atom. The van der Waals surface area contributed by atoms with Gasteiger partial charge in [0, 0.05) is 42.7 Å². The standard InChI is InChI=1S/C19H22N6/c1-13-21-6-7-25(13)18-5-3-2-4-14(18)11-22-19-10-17(23-12-24-19)15-8-16(20)9-15/h2-7,10,12,15-16H,8-9,11,20H2,1H3,(H,22,23,24). The fourth-order valence-corrected chi connectivity index (χ4v) is 3.31. The molecule has 0 atom stereocenters. The normalized spacial score (nSPS) is 19.4. The van der Waals surface area contributed by atoms with Crippen LogP contribution in [0.1, 0.15) is 35.8 Å². The second-order valence-electron chi connectivity index (χ2n) is 6.58. The first-order chi connectivity index (χ1) is 12.2. The van der Waals surface area contributed by atoms with Gasteiger partial charge in [-0.2, -0.15) is 0 Å². The highest BCUT2D eigenvalue weighted by atomic mass is 15.1. The second-order valence-corrected chi connectivity index (χ2v) is 6.58. The summed E-state index contributed by atoms with van der Waals surface area (Å²) in [4.78, 5) is 13.1. The Kier molecular flexibility index (Phi) is 4.19. The van der Waals surface area contributed by atoms with Crippen molar-refractivity contribution < 1.29 is 0 Å². The monoisotopic (exact) mass is 334 g/mol. The van der Waals surface area contributed by atoms with Gasteiger partial charge < -0.3 is 15.6 Å². The summed E-state index contributed by atoms with van der Waals surface area (Å²) in [6.45, 7) is 2.69. The van der Waals surface area contributed by atoms with Crippen LogP contribution in [0.2, 0.25) is 0 Å². The molecule has 0 unspecified atom stereocenters. The maximum absolute atomic E-state index is 5.89. The molecule has 0 bridgehead atoms. The van der Waals surface area contributed by atoms with E-state index in [1.54, 1.807) is 6.33 Å². The fraction of sp³-hybridized carbons (Fsp3) is 0.316. The third-order valence-electron chi connectivity index (χ3n) is 4.82. The summed E-state index contributed by atoms with van der Waals surface area (Å²) in [6.07, 6.45) is 7.46. The van der Waals surface area contributed by atoms with Crippen molar-refractivity contribution in [2.75, 3.05) is 5.32 Å². The number of imidazole rings is 1. The zero-order chi connectivity index (χ0) is 17.2. The van der Waals surface area contributed by atoms with E-state index < -0.39 is 0 Å². The average Bonchev–Trinajstić information content (AvgIpc) is 3.03. The quantitative estimate of drug-likeness (QED) is 0.750. The lowest BCUT2D eigenvalue weighted by Gasteiger charge is -2.31. The molecular weight excluding hydrogens is 312 g/mol. The maximum atomic E-state index is 5.89. The van der Waals surface area contributed by atoms with Gasteiger partial charge in [0.2, 0.25) is 0 Å². The van der Waals surface area contributed by atoms with Crippen molar-refractivity contribution >= 4 is 5.82 Å². The molecule has 6 heteroatoms. The van der Waals surface area contributed by atoms with Crippen LogP contribution in [0.25, 0.3) is 5.69 Å². The number of hydrogen-bond donors (Lipinski definition) is 2. The molecule has 1 aliphatic rings. The third kappa shape index (κ3) is 3.25. The van der Waals surface area contributed by atoms with Gasteiger partial charge in [-0.3, -0.25) is 0 Å². The molecule has 2 heterocycles. The van der Waals surface area contributed by atoms with Gasteiger partial charge in [0.05, 0.1) is 5.69 Å². The maximum Gasteiger partial charge on any atom is 0.129 e. The highest BCUT2D eigenvalue weighted by molar-refractivity contribution is 5.45. The van der Waals surface area contributed by atoms with Crippen LogP contribution in [-0.4, -0.2) is 25.6 Å². The van der Waals surface area contributed by atoms with Crippen molar-refractivity contribution in [3.8, 4) is 5.69 Å². The summed E-state index contributed by atoms with van der Waals surface area (Å²) >= 11 is 0. The summed E-state index contributed by atoms with van der Waals surface area (Å²) in [5.74, 6) is 2.29. The van der Waals surface area contributed by atoms with E-state index in [2.05, 4.69) is 37.0 Å². The van der Waals surface area contributed by atoms with Gasteiger partial charge in [-0.25, -0.2) is 15.0 Å². The fourth-order valence-electron chi connectivity index (χ4n) is 3.31. The van der Waals surface area contributed by atoms with Crippen LogP contribution in [-0.2, 0) is 6.54 Å². The molecule has 0 amide bonds. The molecule has 2 aromatic heterocycles. The Morgan fingerprint density at radius 1 is 1.20 bits per heavy atom. The Labute approximate surface area is 147 Å². The summed E-state index contributed by atoms with van der Waals surface area (Å²) < 4.78 is 2.10. The Hall–Kier alpha value is -2.73. The van der Waals surface area contributed by atoms with Gasteiger partial charge in [-0.05, 0) is 31.4 Å². The molecule has 0 saturated heterocycles. The molecular formula is C19H22N6. The number of rotatable bonds is 5. The van der Waals surface area contributed by atoms with Crippen LogP contribution in [0.15, 0.2) is 49.1 Å². The first-order valence-corrected chi connectivity index (χ1v) is 8.60. The van der Waals surface area contributed by atoms with Crippen molar-refractivity contribution in [3.05, 3.63) is 66.1 Å². The number of aromatic nitrogens is 4. The predicted octanol–water partition coefficient (Wildman–Crippen LogP) is 2.79. The number of nitrogens with one attached hydrogen (secondary N) is 1. The van der Waals surface area contributed by atoms with Gasteiger partial charge in [0.25, 0.3) is 0 Å². The third-order valence-corrected chi connectivity index (χ3v) is 4.82. The van der Waals surface area contributed by atoms with Crippen LogP contribution in [0, 0.1) is 6.92 Å². The van der Waals surface area contributed by atoms with Crippen molar-refractivity contribution in [2.24, 2.45) is 5.73 Å². The van der Waals surface area contributed by atoms with E-state index >= 15 is 0 Å². The van der Waals surface area contributed by atoms with Gasteiger partial charge in [0.1, 0.15) is 18.0 Å². The Morgan fingerprint density at radius 3 is 2.80 bits per heavy atom. The minimum absolute atomic E-state index is 0.321. The molecule has 3 aromatic rings. The average molecular weight is 334 g/mol. The number of anilines is 1. The van der Waals surface area contributed by atoms with E-state index in [-0.39, 0.29) is 0 Å². The molecule has 4 rings (SSSR count). The molecule has 25 heavy (non-hydrogen) atoms. The zero-order valence-electron chi connectivity index (χ0n) is 14.3. The minimum atomic E-state index is 0.321. The smallest absolute Gasteiger partial charge is 0.129 e. The van der Waals surface area contributed by atoms with Crippen LogP contribution in [0.4, 0.5) is 5.82 Å². The van der Waals surface area contributed by atoms with Gasteiger partial charge in [0.15, 0.2) is 0 Å². The molecule has 1 saturated carbocycles. The first kappa shape index (κ1) is 15.8. The predicted molar refractivity (Wildman–Crippen MR) is 97.6 cm³/mol. The molecule has 1 fully saturated rings. The summed E-state index contributed by atoms with van der Waals surface area (Å²) in [6, 6.07) is 10.7. The number of aryl methyl sites for hydroxylation is 1. The SMILES string of the molecule is Cc1nccn1-c1ccccc1CNc1cc(C2CC(N)C2)ncn1. The summed E-state index contributed by atoms with van der Waals surface area (Å²) in [5, 5.41) is 3.42. The molecule has 128 valence electrons. The topological polar surface area (TPSA) is 81.7 Å². The molecule has 0 radical (unpaired) electrons. The summed E-state index contributed by atoms with van der Waals surface area (Å²) in [7, 11) is 0. The lowest BCUT2D eigenvalue weighted by Crippen LogP contribution is -2.35. The van der Waals surface area contributed by atoms with E-state index in [0.29, 0.717) is 18.5 Å². The van der Waals surface area contributed by atoms with E-state index in [1.807, 2.05) is 37.5 Å². The van der Waals surface area contributed by atoms with Crippen molar-refractivity contribution in [1.82, 2.24) is 19.5 Å². The molecule has 3 N–H and O–H groups in total. The van der Waals surface area contributed by atoms with Crippen molar-refractivity contribution in [1.29, 1.82) is 0 Å². The Bertz CT molecular complexity index is 866. The molecule has 0 spiro atoms. The van der Waals surface area contributed by atoms with Gasteiger partial charge in [-0.1, -0.05) is 18.2 Å². The Balaban J connectivity index is 1.51. The lowest BCUT2D eigenvalue weighted by atomic mass is 9.79. The summed E-state index contributed by atoms with van der Waals surface area (Å²) in [5.41, 5.74) is 9.29. The molecule has 1 aliphatic carbocycles. The number of nitrogens with two attached hydrogens (primary N) is 1. The van der Waals surface area contributed by atoms with Gasteiger partial charge >= 0.3 is 0 Å². The number of nitrogens with zero attached hydrogens (tertiary/aromatic N) is 4. The highest BCUT2D eigenvalue weighted by Gasteiger charge is 2.28. The van der Waals surface area contributed by atoms with Gasteiger partial charge in [-0.15, -0.1) is 0 Å². The molecule has 6 nitrogen and oxygen atoms in total. The number of benzene rings is 1. The van der Waals surface area contributed by atoms with Crippen LogP contribution >= 0.6 is 0 Å². The highest BCUT2D eigenvalue weighted by Crippen LogP contribution is 2.34. The molecule has 0 aliphatic heterocycles. The minimum Gasteiger partial charge on any atom is -0.366 e.